The zero-order valence-corrected chi connectivity index (χ0v) is 16.6. The Bertz CT molecular complexity index is 722. The van der Waals surface area contributed by atoms with Crippen molar-refractivity contribution in [1.29, 1.82) is 0 Å². The molecule has 7 nitrogen and oxygen atoms in total. The van der Waals surface area contributed by atoms with Gasteiger partial charge in [-0.3, -0.25) is 9.69 Å². The second-order valence-corrected chi connectivity index (χ2v) is 8.28. The highest BCUT2D eigenvalue weighted by atomic mass is 35.5. The van der Waals surface area contributed by atoms with E-state index in [9.17, 15) is 13.2 Å². The smallest absolute Gasteiger partial charge is 0.253 e. The van der Waals surface area contributed by atoms with Gasteiger partial charge >= 0.3 is 0 Å². The van der Waals surface area contributed by atoms with Crippen molar-refractivity contribution in [2.75, 3.05) is 45.8 Å². The van der Waals surface area contributed by atoms with Crippen molar-refractivity contribution in [3.8, 4) is 0 Å². The summed E-state index contributed by atoms with van der Waals surface area (Å²) >= 11 is 0. The Labute approximate surface area is 161 Å². The zero-order chi connectivity index (χ0) is 17.9. The fraction of sp³-hybridized carbons (Fsp3) is 0.588. The van der Waals surface area contributed by atoms with E-state index in [1.165, 1.54) is 12.1 Å². The summed E-state index contributed by atoms with van der Waals surface area (Å²) in [6.07, 6.45) is 0.973. The lowest BCUT2D eigenvalue weighted by atomic mass is 10.2. The molecule has 3 rings (SSSR count). The van der Waals surface area contributed by atoms with E-state index in [4.69, 9.17) is 0 Å². The van der Waals surface area contributed by atoms with Crippen molar-refractivity contribution < 1.29 is 13.2 Å². The first-order valence-electron chi connectivity index (χ1n) is 8.85. The van der Waals surface area contributed by atoms with E-state index in [0.29, 0.717) is 24.7 Å². The molecule has 0 aliphatic carbocycles. The minimum absolute atomic E-state index is 0. The fourth-order valence-corrected chi connectivity index (χ4v) is 4.61. The normalized spacial score (nSPS) is 21.4. The molecule has 0 bridgehead atoms. The van der Waals surface area contributed by atoms with Crippen LogP contribution in [0.3, 0.4) is 0 Å². The maximum atomic E-state index is 12.8. The first-order chi connectivity index (χ1) is 12.0. The number of benzene rings is 1. The van der Waals surface area contributed by atoms with Gasteiger partial charge in [-0.25, -0.2) is 13.1 Å². The Morgan fingerprint density at radius 3 is 2.69 bits per heavy atom. The van der Waals surface area contributed by atoms with Crippen LogP contribution < -0.4 is 10.0 Å². The van der Waals surface area contributed by atoms with Crippen LogP contribution in [0.15, 0.2) is 29.2 Å². The number of piperazine rings is 1. The summed E-state index contributed by atoms with van der Waals surface area (Å²) in [5.41, 5.74) is 0.430. The molecule has 146 valence electrons. The van der Waals surface area contributed by atoms with Gasteiger partial charge in [-0.05, 0) is 24.6 Å². The molecule has 0 radical (unpaired) electrons. The lowest BCUT2D eigenvalue weighted by Gasteiger charge is -2.32. The number of rotatable bonds is 5. The van der Waals surface area contributed by atoms with Crippen LogP contribution in [0.2, 0.25) is 0 Å². The van der Waals surface area contributed by atoms with Crippen LogP contribution >= 0.6 is 12.4 Å². The summed E-state index contributed by atoms with van der Waals surface area (Å²) in [5.74, 6) is -0.0915. The van der Waals surface area contributed by atoms with Gasteiger partial charge in [0.1, 0.15) is 0 Å². The van der Waals surface area contributed by atoms with Gasteiger partial charge in [0, 0.05) is 57.4 Å². The van der Waals surface area contributed by atoms with Crippen molar-refractivity contribution in [2.24, 2.45) is 0 Å². The molecule has 0 aromatic heterocycles. The number of carbonyl (C=O) groups is 1. The van der Waals surface area contributed by atoms with Crippen molar-refractivity contribution in [3.63, 3.8) is 0 Å². The summed E-state index contributed by atoms with van der Waals surface area (Å²) in [7, 11) is -3.55. The Hall–Kier alpha value is -1.19. The van der Waals surface area contributed by atoms with E-state index in [-0.39, 0.29) is 23.2 Å². The average Bonchev–Trinajstić information content (AvgIpc) is 3.12. The van der Waals surface area contributed by atoms with E-state index in [1.54, 1.807) is 19.1 Å². The minimum Gasteiger partial charge on any atom is -0.337 e. The van der Waals surface area contributed by atoms with Crippen molar-refractivity contribution in [1.82, 2.24) is 19.8 Å². The highest BCUT2D eigenvalue weighted by Gasteiger charge is 2.31. The number of sulfonamides is 1. The summed E-state index contributed by atoms with van der Waals surface area (Å²) in [5, 5.41) is 3.34. The average molecular weight is 403 g/mol. The summed E-state index contributed by atoms with van der Waals surface area (Å²) < 4.78 is 26.7. The lowest BCUT2D eigenvalue weighted by molar-refractivity contribution is 0.0773. The number of likely N-dealkylation sites (tertiary alicyclic amines) is 1. The third-order valence-electron chi connectivity index (χ3n) is 4.84. The van der Waals surface area contributed by atoms with E-state index < -0.39 is 10.0 Å². The molecule has 2 fully saturated rings. The molecule has 2 aliphatic heterocycles. The number of amides is 1. The molecule has 0 spiro atoms. The van der Waals surface area contributed by atoms with Gasteiger partial charge in [0.25, 0.3) is 5.91 Å². The molecule has 1 atom stereocenters. The van der Waals surface area contributed by atoms with Crippen LogP contribution in [0.1, 0.15) is 23.7 Å². The van der Waals surface area contributed by atoms with Crippen LogP contribution in [0.5, 0.6) is 0 Å². The molecular formula is C17H27ClN4O3S. The molecule has 26 heavy (non-hydrogen) atoms. The van der Waals surface area contributed by atoms with Crippen LogP contribution in [-0.2, 0) is 10.0 Å². The minimum atomic E-state index is -3.55. The van der Waals surface area contributed by atoms with Crippen molar-refractivity contribution >= 4 is 28.3 Å². The molecule has 1 unspecified atom stereocenters. The highest BCUT2D eigenvalue weighted by Crippen LogP contribution is 2.20. The second kappa shape index (κ2) is 9.14. The number of hydrogen-bond donors (Lipinski definition) is 2. The van der Waals surface area contributed by atoms with Crippen LogP contribution in [0.4, 0.5) is 0 Å². The highest BCUT2D eigenvalue weighted by molar-refractivity contribution is 7.89. The molecule has 2 N–H and O–H groups in total. The van der Waals surface area contributed by atoms with Crippen LogP contribution in [0, 0.1) is 0 Å². The predicted molar refractivity (Wildman–Crippen MR) is 103 cm³/mol. The first-order valence-corrected chi connectivity index (χ1v) is 10.3. The van der Waals surface area contributed by atoms with Crippen molar-refractivity contribution in [3.05, 3.63) is 29.8 Å². The largest absolute Gasteiger partial charge is 0.337 e. The van der Waals surface area contributed by atoms with E-state index >= 15 is 0 Å². The molecule has 2 aliphatic rings. The number of nitrogens with zero attached hydrogens (tertiary/aromatic N) is 2. The van der Waals surface area contributed by atoms with Crippen LogP contribution in [-0.4, -0.2) is 76.0 Å². The lowest BCUT2D eigenvalue weighted by Crippen LogP contribution is -2.49. The van der Waals surface area contributed by atoms with E-state index in [2.05, 4.69) is 14.9 Å². The third kappa shape index (κ3) is 4.75. The molecule has 2 heterocycles. The van der Waals surface area contributed by atoms with Gasteiger partial charge < -0.3 is 10.2 Å². The second-order valence-electron chi connectivity index (χ2n) is 6.51. The van der Waals surface area contributed by atoms with E-state index in [1.807, 2.05) is 4.90 Å². The molecule has 2 saturated heterocycles. The Kier molecular flexibility index (Phi) is 7.42. The molecule has 9 heteroatoms. The fourth-order valence-electron chi connectivity index (χ4n) is 3.52. The maximum absolute atomic E-state index is 12.8. The van der Waals surface area contributed by atoms with Gasteiger partial charge in [0.15, 0.2) is 0 Å². The summed E-state index contributed by atoms with van der Waals surface area (Å²) in [4.78, 5) is 17.2. The zero-order valence-electron chi connectivity index (χ0n) is 15.0. The Balaban J connectivity index is 0.00000243. The molecule has 1 amide bonds. The van der Waals surface area contributed by atoms with Gasteiger partial charge in [-0.2, -0.15) is 0 Å². The predicted octanol–water partition coefficient (Wildman–Crippen LogP) is 0.526. The number of hydrogen-bond acceptors (Lipinski definition) is 5. The Morgan fingerprint density at radius 2 is 2.00 bits per heavy atom. The number of carbonyl (C=O) groups excluding carboxylic acids is 1. The molecule has 1 aromatic rings. The molecule has 0 saturated carbocycles. The monoisotopic (exact) mass is 402 g/mol. The topological polar surface area (TPSA) is 81.8 Å². The standard InChI is InChI=1S/C17H26N4O3S.ClH/c1-2-19-25(23,24)16-5-3-4-14(12-16)17(22)21-9-6-15(13-21)20-10-7-18-8-11-20;/h3-5,12,15,18-19H,2,6-11,13H2,1H3;1H. The summed E-state index contributed by atoms with van der Waals surface area (Å²) in [6.45, 7) is 7.50. The molecular weight excluding hydrogens is 376 g/mol. The number of halogens is 1. The van der Waals surface area contributed by atoms with Gasteiger partial charge in [-0.15, -0.1) is 12.4 Å². The molecule has 1 aromatic carbocycles. The first kappa shape index (κ1) is 21.1. The third-order valence-corrected chi connectivity index (χ3v) is 6.39. The van der Waals surface area contributed by atoms with Gasteiger partial charge in [0.05, 0.1) is 4.90 Å². The van der Waals surface area contributed by atoms with Gasteiger partial charge in [0.2, 0.25) is 10.0 Å². The Morgan fingerprint density at radius 1 is 1.27 bits per heavy atom. The van der Waals surface area contributed by atoms with Crippen molar-refractivity contribution in [2.45, 2.75) is 24.3 Å². The maximum Gasteiger partial charge on any atom is 0.253 e. The van der Waals surface area contributed by atoms with Gasteiger partial charge in [-0.1, -0.05) is 13.0 Å². The number of nitrogens with one attached hydrogen (secondary N) is 2. The summed E-state index contributed by atoms with van der Waals surface area (Å²) in [6, 6.07) is 6.70. The SMILES string of the molecule is CCNS(=O)(=O)c1cccc(C(=O)N2CCC(N3CCNCC3)C2)c1.Cl. The quantitative estimate of drug-likeness (QED) is 0.750. The van der Waals surface area contributed by atoms with E-state index in [0.717, 1.165) is 39.1 Å². The van der Waals surface area contributed by atoms with Crippen LogP contribution in [0.25, 0.3) is 0 Å².